The Bertz CT molecular complexity index is 772. The zero-order valence-corrected chi connectivity index (χ0v) is 15.8. The van der Waals surface area contributed by atoms with E-state index in [1.54, 1.807) is 0 Å². The van der Waals surface area contributed by atoms with Crippen molar-refractivity contribution in [3.8, 4) is 11.3 Å². The number of amides is 2. The quantitative estimate of drug-likeness (QED) is 0.689. The molecule has 2 amide bonds. The van der Waals surface area contributed by atoms with E-state index in [1.165, 1.54) is 5.01 Å². The number of carbonyl (C=O) groups is 1. The van der Waals surface area contributed by atoms with Crippen molar-refractivity contribution in [2.75, 3.05) is 33.7 Å². The van der Waals surface area contributed by atoms with Crippen LogP contribution < -0.4 is 0 Å². The summed E-state index contributed by atoms with van der Waals surface area (Å²) in [6.45, 7) is 5.50. The molecule has 3 rings (SSSR count). The summed E-state index contributed by atoms with van der Waals surface area (Å²) in [5.41, 5.74) is 0.947. The molecule has 2 aromatic rings. The normalized spacial score (nSPS) is 17.4. The SMILES string of the molecule is C=NN1CC(c2ccc(-c3ccc(Cl)cc3)o2)N(CCCN(C)C)C1=O. The molecule has 1 unspecified atom stereocenters. The minimum atomic E-state index is -0.170. The fourth-order valence-electron chi connectivity index (χ4n) is 3.09. The van der Waals surface area contributed by atoms with Gasteiger partial charge >= 0.3 is 6.03 Å². The number of urea groups is 1. The van der Waals surface area contributed by atoms with Crippen molar-refractivity contribution >= 4 is 24.3 Å². The van der Waals surface area contributed by atoms with Gasteiger partial charge in [0.1, 0.15) is 17.6 Å². The molecule has 1 fully saturated rings. The average molecular weight is 375 g/mol. The van der Waals surface area contributed by atoms with Gasteiger partial charge in [-0.3, -0.25) is 0 Å². The van der Waals surface area contributed by atoms with Crippen molar-refractivity contribution in [1.82, 2.24) is 14.8 Å². The zero-order valence-electron chi connectivity index (χ0n) is 15.1. The molecule has 26 heavy (non-hydrogen) atoms. The maximum atomic E-state index is 12.6. The van der Waals surface area contributed by atoms with Crippen LogP contribution in [0.3, 0.4) is 0 Å². The van der Waals surface area contributed by atoms with E-state index in [0.29, 0.717) is 18.1 Å². The van der Waals surface area contributed by atoms with Gasteiger partial charge in [-0.25, -0.2) is 9.80 Å². The van der Waals surface area contributed by atoms with Gasteiger partial charge in [0, 0.05) is 23.8 Å². The molecule has 1 aromatic carbocycles. The molecular formula is C19H23ClN4O2. The molecule has 6 nitrogen and oxygen atoms in total. The molecule has 0 radical (unpaired) electrons. The first-order valence-electron chi connectivity index (χ1n) is 8.55. The van der Waals surface area contributed by atoms with Gasteiger partial charge in [0.25, 0.3) is 0 Å². The van der Waals surface area contributed by atoms with Gasteiger partial charge in [0.15, 0.2) is 0 Å². The molecule has 1 saturated heterocycles. The zero-order chi connectivity index (χ0) is 18.7. The third-order valence-corrected chi connectivity index (χ3v) is 4.70. The van der Waals surface area contributed by atoms with Crippen LogP contribution in [0.15, 0.2) is 45.9 Å². The topological polar surface area (TPSA) is 52.3 Å². The molecule has 7 heteroatoms. The van der Waals surface area contributed by atoms with Gasteiger partial charge in [0.2, 0.25) is 0 Å². The van der Waals surface area contributed by atoms with Crippen LogP contribution in [0.2, 0.25) is 5.02 Å². The Morgan fingerprint density at radius 1 is 1.27 bits per heavy atom. The first-order chi connectivity index (χ1) is 12.5. The van der Waals surface area contributed by atoms with Crippen molar-refractivity contribution < 1.29 is 9.21 Å². The van der Waals surface area contributed by atoms with Gasteiger partial charge in [-0.1, -0.05) is 11.6 Å². The Morgan fingerprint density at radius 2 is 2.00 bits per heavy atom. The Labute approximate surface area is 158 Å². The molecule has 1 atom stereocenters. The van der Waals surface area contributed by atoms with Gasteiger partial charge in [-0.05, 0) is 63.5 Å². The van der Waals surface area contributed by atoms with Crippen LogP contribution in [0.1, 0.15) is 18.2 Å². The van der Waals surface area contributed by atoms with Gasteiger partial charge in [0.05, 0.1) is 6.54 Å². The Balaban J connectivity index is 1.80. The number of furan rings is 1. The van der Waals surface area contributed by atoms with E-state index in [4.69, 9.17) is 16.0 Å². The summed E-state index contributed by atoms with van der Waals surface area (Å²) in [5, 5.41) is 5.91. The van der Waals surface area contributed by atoms with Crippen LogP contribution in [-0.2, 0) is 0 Å². The molecule has 0 aliphatic carbocycles. The molecule has 0 saturated carbocycles. The predicted octanol–water partition coefficient (Wildman–Crippen LogP) is 3.95. The van der Waals surface area contributed by atoms with E-state index in [1.807, 2.05) is 55.4 Å². The van der Waals surface area contributed by atoms with Crippen molar-refractivity contribution in [1.29, 1.82) is 0 Å². The number of hydrogen-bond donors (Lipinski definition) is 0. The largest absolute Gasteiger partial charge is 0.459 e. The summed E-state index contributed by atoms with van der Waals surface area (Å²) >= 11 is 5.95. The smallest absolute Gasteiger partial charge is 0.341 e. The Morgan fingerprint density at radius 3 is 2.65 bits per heavy atom. The maximum Gasteiger partial charge on any atom is 0.341 e. The Kier molecular flexibility index (Phi) is 5.64. The highest BCUT2D eigenvalue weighted by Gasteiger charge is 2.39. The van der Waals surface area contributed by atoms with E-state index in [2.05, 4.69) is 16.7 Å². The number of benzene rings is 1. The number of nitrogens with zero attached hydrogens (tertiary/aromatic N) is 4. The third kappa shape index (κ3) is 3.92. The summed E-state index contributed by atoms with van der Waals surface area (Å²) in [4.78, 5) is 16.5. The van der Waals surface area contributed by atoms with Crippen molar-refractivity contribution in [2.45, 2.75) is 12.5 Å². The maximum absolute atomic E-state index is 12.6. The van der Waals surface area contributed by atoms with Gasteiger partial charge in [-0.2, -0.15) is 5.10 Å². The molecule has 0 N–H and O–H groups in total. The average Bonchev–Trinajstić information content (AvgIpc) is 3.21. The molecule has 1 aliphatic heterocycles. The number of carbonyl (C=O) groups excluding carboxylic acids is 1. The molecule has 138 valence electrons. The van der Waals surface area contributed by atoms with Crippen molar-refractivity contribution in [3.63, 3.8) is 0 Å². The van der Waals surface area contributed by atoms with Gasteiger partial charge in [-0.15, -0.1) is 0 Å². The van der Waals surface area contributed by atoms with Crippen LogP contribution >= 0.6 is 11.6 Å². The van der Waals surface area contributed by atoms with Crippen LogP contribution in [0.5, 0.6) is 0 Å². The number of hydrazone groups is 1. The van der Waals surface area contributed by atoms with Crippen LogP contribution in [0.4, 0.5) is 4.79 Å². The highest BCUT2D eigenvalue weighted by Crippen LogP contribution is 2.33. The number of halogens is 1. The lowest BCUT2D eigenvalue weighted by atomic mass is 10.2. The van der Waals surface area contributed by atoms with E-state index in [-0.39, 0.29) is 12.1 Å². The lowest BCUT2D eigenvalue weighted by Crippen LogP contribution is -2.32. The van der Waals surface area contributed by atoms with E-state index in [0.717, 1.165) is 30.0 Å². The first kappa shape index (κ1) is 18.5. The summed E-state index contributed by atoms with van der Waals surface area (Å²) in [6, 6.07) is 11.0. The standard InChI is InChI=1S/C19H23ClN4O2/c1-21-24-13-16(23(19(24)25)12-4-11-22(2)3)18-10-9-17(26-18)14-5-7-15(20)8-6-14/h5-10,16H,1,4,11-13H2,2-3H3. The van der Waals surface area contributed by atoms with E-state index < -0.39 is 0 Å². The second-order valence-electron chi connectivity index (χ2n) is 6.58. The van der Waals surface area contributed by atoms with Crippen LogP contribution in [-0.4, -0.2) is 61.3 Å². The lowest BCUT2D eigenvalue weighted by Gasteiger charge is -2.22. The van der Waals surface area contributed by atoms with E-state index in [9.17, 15) is 4.79 Å². The molecule has 2 heterocycles. The molecule has 0 spiro atoms. The van der Waals surface area contributed by atoms with Crippen LogP contribution in [0, 0.1) is 0 Å². The fraction of sp³-hybridized carbons (Fsp3) is 0.368. The first-order valence-corrected chi connectivity index (χ1v) is 8.92. The Hall–Kier alpha value is -2.31. The fourth-order valence-corrected chi connectivity index (χ4v) is 3.22. The highest BCUT2D eigenvalue weighted by molar-refractivity contribution is 6.30. The molecular weight excluding hydrogens is 352 g/mol. The monoisotopic (exact) mass is 374 g/mol. The third-order valence-electron chi connectivity index (χ3n) is 4.45. The lowest BCUT2D eigenvalue weighted by molar-refractivity contribution is 0.182. The number of rotatable bonds is 7. The van der Waals surface area contributed by atoms with Crippen molar-refractivity contribution in [3.05, 3.63) is 47.2 Å². The molecule has 1 aliphatic rings. The summed E-state index contributed by atoms with van der Waals surface area (Å²) < 4.78 is 6.06. The molecule has 1 aromatic heterocycles. The second-order valence-corrected chi connectivity index (χ2v) is 7.02. The summed E-state index contributed by atoms with van der Waals surface area (Å²) in [6.07, 6.45) is 0.880. The van der Waals surface area contributed by atoms with Crippen LogP contribution in [0.25, 0.3) is 11.3 Å². The molecule has 0 bridgehead atoms. The van der Waals surface area contributed by atoms with Crippen molar-refractivity contribution in [2.24, 2.45) is 5.10 Å². The number of hydrogen-bond acceptors (Lipinski definition) is 4. The highest BCUT2D eigenvalue weighted by atomic mass is 35.5. The second kappa shape index (κ2) is 7.93. The summed E-state index contributed by atoms with van der Waals surface area (Å²) in [5.74, 6) is 1.50. The summed E-state index contributed by atoms with van der Waals surface area (Å²) in [7, 11) is 4.04. The minimum absolute atomic E-state index is 0.131. The van der Waals surface area contributed by atoms with E-state index >= 15 is 0 Å². The van der Waals surface area contributed by atoms with Gasteiger partial charge < -0.3 is 14.2 Å². The predicted molar refractivity (Wildman–Crippen MR) is 103 cm³/mol. The minimum Gasteiger partial charge on any atom is -0.459 e.